The summed E-state index contributed by atoms with van der Waals surface area (Å²) in [6.45, 7) is 4.89. The van der Waals surface area contributed by atoms with Crippen molar-refractivity contribution in [3.63, 3.8) is 0 Å². The van der Waals surface area contributed by atoms with Gasteiger partial charge in [-0.1, -0.05) is 99.2 Å². The van der Waals surface area contributed by atoms with E-state index in [1.165, 1.54) is 55.3 Å². The number of unbranched alkanes of at least 4 members (excludes halogenated alkanes) is 1. The van der Waals surface area contributed by atoms with Gasteiger partial charge in [0, 0.05) is 0 Å². The van der Waals surface area contributed by atoms with Crippen molar-refractivity contribution >= 4 is 13.3 Å². The summed E-state index contributed by atoms with van der Waals surface area (Å²) < 4.78 is 0. The Morgan fingerprint density at radius 2 is 1.52 bits per heavy atom. The lowest BCUT2D eigenvalue weighted by Crippen LogP contribution is -2.47. The first-order chi connectivity index (χ1) is 12.1. The molecular weight excluding hydrogens is 318 g/mol. The molecule has 0 bridgehead atoms. The molecule has 1 fully saturated rings. The quantitative estimate of drug-likeness (QED) is 0.598. The molecular formula is C23H29NSi. The molecule has 1 saturated heterocycles. The Hall–Kier alpha value is -1.85. The fourth-order valence-electron chi connectivity index (χ4n) is 4.19. The summed E-state index contributed by atoms with van der Waals surface area (Å²) in [5, 5.41) is 10.6. The minimum atomic E-state index is -1.28. The number of nitriles is 1. The Morgan fingerprint density at radius 3 is 2.04 bits per heavy atom. The van der Waals surface area contributed by atoms with E-state index in [1.54, 1.807) is 5.19 Å². The summed E-state index contributed by atoms with van der Waals surface area (Å²) in [5.41, 5.74) is 3.17. The molecule has 1 heterocycles. The van der Waals surface area contributed by atoms with Crippen molar-refractivity contribution in [1.82, 2.24) is 0 Å². The van der Waals surface area contributed by atoms with Crippen LogP contribution in [0.1, 0.15) is 44.6 Å². The summed E-state index contributed by atoms with van der Waals surface area (Å²) in [6, 6.07) is 22.3. The third kappa shape index (κ3) is 4.22. The smallest absolute Gasteiger partial charge is 0.0991 e. The lowest BCUT2D eigenvalue weighted by Gasteiger charge is -2.36. The van der Waals surface area contributed by atoms with Crippen LogP contribution in [0.2, 0.25) is 18.6 Å². The molecule has 3 rings (SSSR count). The maximum absolute atomic E-state index is 8.93. The molecule has 25 heavy (non-hydrogen) atoms. The highest BCUT2D eigenvalue weighted by Crippen LogP contribution is 2.35. The van der Waals surface area contributed by atoms with Crippen LogP contribution in [0.3, 0.4) is 0 Å². The molecule has 2 aromatic carbocycles. The van der Waals surface area contributed by atoms with Crippen LogP contribution in [0.15, 0.2) is 48.5 Å². The van der Waals surface area contributed by atoms with Crippen LogP contribution in [-0.2, 0) is 0 Å². The maximum Gasteiger partial charge on any atom is 0.0991 e. The van der Waals surface area contributed by atoms with Crippen molar-refractivity contribution in [2.24, 2.45) is 5.92 Å². The van der Waals surface area contributed by atoms with E-state index in [4.69, 9.17) is 5.26 Å². The fraction of sp³-hybridized carbons (Fsp3) is 0.435. The molecule has 0 unspecified atom stereocenters. The van der Waals surface area contributed by atoms with Crippen LogP contribution < -0.4 is 5.19 Å². The highest BCUT2D eigenvalue weighted by Gasteiger charge is 2.34. The molecule has 0 amide bonds. The minimum Gasteiger partial charge on any atom is -0.192 e. The SMILES string of the molecule is CCCCC1CC[Si](C)(c2ccc(-c3ccc(C#N)cc3)cc2)CC1. The number of hydrogen-bond acceptors (Lipinski definition) is 1. The minimum absolute atomic E-state index is 0.722. The van der Waals surface area contributed by atoms with Crippen molar-refractivity contribution in [2.45, 2.75) is 57.7 Å². The van der Waals surface area contributed by atoms with E-state index in [0.717, 1.165) is 11.5 Å². The summed E-state index contributed by atoms with van der Waals surface area (Å²) >= 11 is 0. The zero-order chi connectivity index (χ0) is 17.7. The van der Waals surface area contributed by atoms with Crippen molar-refractivity contribution in [3.05, 3.63) is 54.1 Å². The molecule has 1 aliphatic heterocycles. The van der Waals surface area contributed by atoms with E-state index in [-0.39, 0.29) is 0 Å². The van der Waals surface area contributed by atoms with Crippen molar-refractivity contribution < 1.29 is 0 Å². The van der Waals surface area contributed by atoms with Gasteiger partial charge in [-0.05, 0) is 29.2 Å². The van der Waals surface area contributed by atoms with Crippen LogP contribution in [0.5, 0.6) is 0 Å². The summed E-state index contributed by atoms with van der Waals surface area (Å²) in [5.74, 6) is 0.985. The molecule has 2 aromatic rings. The average Bonchev–Trinajstić information content (AvgIpc) is 2.68. The summed E-state index contributed by atoms with van der Waals surface area (Å²) in [7, 11) is -1.28. The molecule has 1 nitrogen and oxygen atoms in total. The maximum atomic E-state index is 8.93. The van der Waals surface area contributed by atoms with Crippen molar-refractivity contribution in [1.29, 1.82) is 5.26 Å². The first-order valence-corrected chi connectivity index (χ1v) is 12.7. The van der Waals surface area contributed by atoms with E-state index >= 15 is 0 Å². The molecule has 0 atom stereocenters. The monoisotopic (exact) mass is 347 g/mol. The first-order valence-electron chi connectivity index (χ1n) is 9.76. The van der Waals surface area contributed by atoms with Gasteiger partial charge in [0.15, 0.2) is 0 Å². The highest BCUT2D eigenvalue weighted by molar-refractivity contribution is 6.91. The van der Waals surface area contributed by atoms with E-state index in [1.807, 2.05) is 24.3 Å². The molecule has 130 valence electrons. The second kappa shape index (κ2) is 8.02. The summed E-state index contributed by atoms with van der Waals surface area (Å²) in [4.78, 5) is 0. The molecule has 0 aromatic heterocycles. The third-order valence-corrected chi connectivity index (χ3v) is 10.6. The van der Waals surface area contributed by atoms with Gasteiger partial charge in [-0.3, -0.25) is 0 Å². The number of rotatable bonds is 5. The molecule has 0 N–H and O–H groups in total. The molecule has 0 saturated carbocycles. The van der Waals surface area contributed by atoms with Crippen molar-refractivity contribution in [3.8, 4) is 17.2 Å². The highest BCUT2D eigenvalue weighted by atomic mass is 28.3. The zero-order valence-corrected chi connectivity index (χ0v) is 16.6. The molecule has 0 spiro atoms. The fourth-order valence-corrected chi connectivity index (χ4v) is 8.08. The molecule has 0 aliphatic carbocycles. The largest absolute Gasteiger partial charge is 0.192 e. The van der Waals surface area contributed by atoms with E-state index in [2.05, 4.69) is 43.8 Å². The number of hydrogen-bond donors (Lipinski definition) is 0. The van der Waals surface area contributed by atoms with Crippen LogP contribution in [0.4, 0.5) is 0 Å². The second-order valence-corrected chi connectivity index (χ2v) is 12.6. The Balaban J connectivity index is 1.68. The van der Waals surface area contributed by atoms with Gasteiger partial charge in [-0.15, -0.1) is 0 Å². The average molecular weight is 348 g/mol. The lowest BCUT2D eigenvalue weighted by atomic mass is 9.96. The Kier molecular flexibility index (Phi) is 5.76. The van der Waals surface area contributed by atoms with E-state index in [9.17, 15) is 0 Å². The third-order valence-electron chi connectivity index (χ3n) is 6.10. The zero-order valence-electron chi connectivity index (χ0n) is 15.6. The Bertz CT molecular complexity index is 716. The van der Waals surface area contributed by atoms with Gasteiger partial charge in [0.05, 0.1) is 19.7 Å². The topological polar surface area (TPSA) is 23.8 Å². The number of nitrogens with zero attached hydrogens (tertiary/aromatic N) is 1. The van der Waals surface area contributed by atoms with Gasteiger partial charge in [-0.2, -0.15) is 5.26 Å². The van der Waals surface area contributed by atoms with Gasteiger partial charge in [0.25, 0.3) is 0 Å². The second-order valence-electron chi connectivity index (χ2n) is 7.91. The van der Waals surface area contributed by atoms with Crippen molar-refractivity contribution in [2.75, 3.05) is 0 Å². The Morgan fingerprint density at radius 1 is 0.960 bits per heavy atom. The van der Waals surface area contributed by atoms with Crippen LogP contribution in [0.25, 0.3) is 11.1 Å². The van der Waals surface area contributed by atoms with Gasteiger partial charge in [-0.25, -0.2) is 0 Å². The Labute approximate surface area is 153 Å². The molecule has 1 aliphatic rings. The molecule has 2 heteroatoms. The van der Waals surface area contributed by atoms with Crippen LogP contribution in [-0.4, -0.2) is 8.07 Å². The van der Waals surface area contributed by atoms with Gasteiger partial charge >= 0.3 is 0 Å². The van der Waals surface area contributed by atoms with Gasteiger partial charge in [0.1, 0.15) is 0 Å². The first kappa shape index (κ1) is 18.0. The number of benzene rings is 2. The van der Waals surface area contributed by atoms with Crippen LogP contribution in [0, 0.1) is 17.2 Å². The van der Waals surface area contributed by atoms with E-state index in [0.29, 0.717) is 0 Å². The predicted molar refractivity (Wildman–Crippen MR) is 110 cm³/mol. The standard InChI is InChI=1S/C23H29NSi/c1-3-4-5-19-14-16-25(2,17-15-19)23-12-10-22(11-13-23)21-8-6-20(18-24)7-9-21/h6-13,19H,3-5,14-17H2,1-2H3. The molecule has 0 radical (unpaired) electrons. The normalized spacial score (nSPS) is 23.2. The predicted octanol–water partition coefficient (Wildman–Crippen LogP) is 6.11. The van der Waals surface area contributed by atoms with Crippen LogP contribution >= 0.6 is 0 Å². The van der Waals surface area contributed by atoms with Gasteiger partial charge < -0.3 is 0 Å². The van der Waals surface area contributed by atoms with Gasteiger partial charge in [0.2, 0.25) is 0 Å². The summed E-state index contributed by atoms with van der Waals surface area (Å²) in [6.07, 6.45) is 7.07. The lowest BCUT2D eigenvalue weighted by molar-refractivity contribution is 0.420. The van der Waals surface area contributed by atoms with E-state index < -0.39 is 8.07 Å².